The van der Waals surface area contributed by atoms with Crippen LogP contribution in [0.4, 0.5) is 0 Å². The van der Waals surface area contributed by atoms with Crippen molar-refractivity contribution in [2.75, 3.05) is 19.6 Å². The van der Waals surface area contributed by atoms with Gasteiger partial charge in [-0.1, -0.05) is 112 Å². The molecule has 0 spiro atoms. The maximum atomic E-state index is 10.7. The highest BCUT2D eigenvalue weighted by Crippen LogP contribution is 2.38. The molecule has 1 fully saturated rings. The zero-order valence-corrected chi connectivity index (χ0v) is 23.7. The average molecular weight is 508 g/mol. The number of piperidine rings is 1. The molecule has 0 aromatic heterocycles. The second-order valence-electron chi connectivity index (χ2n) is 12.4. The van der Waals surface area contributed by atoms with Crippen LogP contribution in [0.5, 0.6) is 0 Å². The first-order valence-corrected chi connectivity index (χ1v) is 14.8. The van der Waals surface area contributed by atoms with Crippen molar-refractivity contribution < 1.29 is 5.11 Å². The van der Waals surface area contributed by atoms with Gasteiger partial charge in [-0.25, -0.2) is 0 Å². The largest absolute Gasteiger partial charge is 0.388 e. The summed E-state index contributed by atoms with van der Waals surface area (Å²) in [6.45, 7) is 10.2. The fraction of sp³-hybridized carbons (Fsp3) is 0.444. The van der Waals surface area contributed by atoms with Crippen molar-refractivity contribution in [3.63, 3.8) is 0 Å². The first-order valence-electron chi connectivity index (χ1n) is 14.8. The van der Waals surface area contributed by atoms with Crippen molar-refractivity contribution >= 4 is 5.57 Å². The van der Waals surface area contributed by atoms with Crippen LogP contribution in [0.15, 0.2) is 78.4 Å². The smallest absolute Gasteiger partial charge is 0.0790 e. The maximum Gasteiger partial charge on any atom is 0.0790 e. The zero-order chi connectivity index (χ0) is 26.5. The third kappa shape index (κ3) is 6.30. The molecule has 200 valence electrons. The molecule has 38 heavy (non-hydrogen) atoms. The molecule has 0 radical (unpaired) electrons. The van der Waals surface area contributed by atoms with Gasteiger partial charge in [0.1, 0.15) is 0 Å². The number of benzene rings is 3. The van der Waals surface area contributed by atoms with Gasteiger partial charge in [0, 0.05) is 13.1 Å². The van der Waals surface area contributed by atoms with Gasteiger partial charge < -0.3 is 10.0 Å². The van der Waals surface area contributed by atoms with Gasteiger partial charge in [-0.15, -0.1) is 0 Å². The molecule has 1 atom stereocenters. The summed E-state index contributed by atoms with van der Waals surface area (Å²) in [5, 5.41) is 10.7. The zero-order valence-electron chi connectivity index (χ0n) is 23.7. The molecule has 1 N–H and O–H groups in total. The molecule has 3 aromatic carbocycles. The summed E-state index contributed by atoms with van der Waals surface area (Å²) in [5.74, 6) is 0. The number of unbranched alkanes of at least 4 members (excludes halogenated alkanes) is 2. The molecule has 1 aliphatic heterocycles. The lowest BCUT2D eigenvalue weighted by molar-refractivity contribution is 0.162. The Bertz CT molecular complexity index is 1190. The molecule has 1 aliphatic carbocycles. The number of hydrogen-bond acceptors (Lipinski definition) is 2. The summed E-state index contributed by atoms with van der Waals surface area (Å²) < 4.78 is 0. The lowest BCUT2D eigenvalue weighted by Gasteiger charge is -2.30. The Morgan fingerprint density at radius 2 is 1.29 bits per heavy atom. The summed E-state index contributed by atoms with van der Waals surface area (Å²) in [7, 11) is 0. The van der Waals surface area contributed by atoms with Crippen LogP contribution in [-0.2, 0) is 18.3 Å². The van der Waals surface area contributed by atoms with Crippen LogP contribution in [0.2, 0.25) is 0 Å². The first-order chi connectivity index (χ1) is 18.4. The highest BCUT2D eigenvalue weighted by atomic mass is 16.3. The average Bonchev–Trinajstić information content (AvgIpc) is 3.10. The number of nitrogens with zero attached hydrogens (tertiary/aromatic N) is 1. The van der Waals surface area contributed by atoms with Gasteiger partial charge >= 0.3 is 0 Å². The van der Waals surface area contributed by atoms with Crippen LogP contribution in [0, 0.1) is 0 Å². The summed E-state index contributed by atoms with van der Waals surface area (Å²) in [5.41, 5.74) is 11.6. The van der Waals surface area contributed by atoms with Crippen molar-refractivity contribution in [3.05, 3.63) is 112 Å². The molecule has 1 unspecified atom stereocenters. The topological polar surface area (TPSA) is 23.5 Å². The van der Waals surface area contributed by atoms with Gasteiger partial charge in [0.25, 0.3) is 0 Å². The van der Waals surface area contributed by atoms with Crippen molar-refractivity contribution in [2.45, 2.75) is 83.7 Å². The number of fused-ring (bicyclic) bond motifs is 2. The second-order valence-corrected chi connectivity index (χ2v) is 12.4. The molecule has 5 rings (SSSR count). The van der Waals surface area contributed by atoms with Crippen molar-refractivity contribution in [3.8, 4) is 0 Å². The Balaban J connectivity index is 1.12. The molecule has 3 aromatic rings. The van der Waals surface area contributed by atoms with Gasteiger partial charge in [0.05, 0.1) is 6.10 Å². The predicted octanol–water partition coefficient (Wildman–Crippen LogP) is 8.27. The molecule has 1 saturated heterocycles. The normalized spacial score (nSPS) is 17.1. The number of aliphatic hydroxyl groups excluding tert-OH is 1. The molecule has 2 heteroatoms. The number of likely N-dealkylation sites (tertiary alicyclic amines) is 1. The van der Waals surface area contributed by atoms with Gasteiger partial charge in [0.2, 0.25) is 0 Å². The highest BCUT2D eigenvalue weighted by molar-refractivity contribution is 5.86. The molecular formula is C36H45NO. The number of hydrogen-bond donors (Lipinski definition) is 1. The molecule has 2 aliphatic rings. The van der Waals surface area contributed by atoms with Crippen LogP contribution in [-0.4, -0.2) is 29.6 Å². The van der Waals surface area contributed by atoms with Crippen LogP contribution in [0.25, 0.3) is 5.57 Å². The van der Waals surface area contributed by atoms with E-state index in [2.05, 4.69) is 98.5 Å². The lowest BCUT2D eigenvalue weighted by atomic mass is 9.86. The third-order valence-electron chi connectivity index (χ3n) is 8.66. The maximum absolute atomic E-state index is 10.7. The minimum Gasteiger partial charge on any atom is -0.388 e. The lowest BCUT2D eigenvalue weighted by Crippen LogP contribution is -2.32. The van der Waals surface area contributed by atoms with Gasteiger partial charge in [-0.05, 0) is 89.4 Å². The fourth-order valence-electron chi connectivity index (χ4n) is 6.28. The molecule has 2 nitrogen and oxygen atoms in total. The molecular weight excluding hydrogens is 462 g/mol. The minimum absolute atomic E-state index is 0.153. The van der Waals surface area contributed by atoms with Gasteiger partial charge in [-0.3, -0.25) is 0 Å². The summed E-state index contributed by atoms with van der Waals surface area (Å²) in [4.78, 5) is 2.65. The van der Waals surface area contributed by atoms with E-state index in [9.17, 15) is 5.11 Å². The summed E-state index contributed by atoms with van der Waals surface area (Å²) in [6, 6.07) is 26.7. The molecule has 0 bridgehead atoms. The van der Waals surface area contributed by atoms with E-state index in [0.717, 1.165) is 44.3 Å². The third-order valence-corrected chi connectivity index (χ3v) is 8.66. The quantitative estimate of drug-likeness (QED) is 0.325. The van der Waals surface area contributed by atoms with Crippen LogP contribution in [0.3, 0.4) is 0 Å². The molecule has 0 amide bonds. The SMILES string of the molecule is CC(C)(C)c1ccc(C(O)CCCCCN2CCC(=C3c4ccccc4CCc4ccccc43)CC2)cc1. The summed E-state index contributed by atoms with van der Waals surface area (Å²) >= 11 is 0. The number of aryl methyl sites for hydroxylation is 2. The fourth-order valence-corrected chi connectivity index (χ4v) is 6.28. The Labute approximate surface area is 230 Å². The van der Waals surface area contributed by atoms with E-state index in [1.54, 1.807) is 5.57 Å². The van der Waals surface area contributed by atoms with E-state index in [1.165, 1.54) is 65.6 Å². The predicted molar refractivity (Wildman–Crippen MR) is 161 cm³/mol. The van der Waals surface area contributed by atoms with Crippen molar-refractivity contribution in [1.82, 2.24) is 4.90 Å². The number of rotatable bonds is 7. The van der Waals surface area contributed by atoms with Crippen LogP contribution >= 0.6 is 0 Å². The Morgan fingerprint density at radius 1 is 0.711 bits per heavy atom. The molecule has 0 saturated carbocycles. The van der Waals surface area contributed by atoms with Crippen LogP contribution < -0.4 is 0 Å². The first kappa shape index (κ1) is 26.9. The summed E-state index contributed by atoms with van der Waals surface area (Å²) in [6.07, 6.45) is 8.58. The van der Waals surface area contributed by atoms with E-state index in [0.29, 0.717) is 0 Å². The second kappa shape index (κ2) is 12.0. The molecule has 1 heterocycles. The van der Waals surface area contributed by atoms with E-state index >= 15 is 0 Å². The Hall–Kier alpha value is -2.68. The minimum atomic E-state index is -0.349. The van der Waals surface area contributed by atoms with E-state index in [1.807, 2.05) is 0 Å². The van der Waals surface area contributed by atoms with Crippen molar-refractivity contribution in [1.29, 1.82) is 0 Å². The van der Waals surface area contributed by atoms with E-state index < -0.39 is 0 Å². The highest BCUT2D eigenvalue weighted by Gasteiger charge is 2.23. The van der Waals surface area contributed by atoms with E-state index in [-0.39, 0.29) is 11.5 Å². The number of aliphatic hydroxyl groups is 1. The van der Waals surface area contributed by atoms with Gasteiger partial charge in [-0.2, -0.15) is 0 Å². The van der Waals surface area contributed by atoms with Gasteiger partial charge in [0.15, 0.2) is 0 Å². The standard InChI is InChI=1S/C36H45NO/c1-36(2,3)31-20-18-29(19-21-31)34(38)15-5-4-10-24-37-25-22-30(23-26-37)35-32-13-8-6-11-27(32)16-17-28-12-7-9-14-33(28)35/h6-9,11-14,18-21,34,38H,4-5,10,15-17,22-26H2,1-3H3. The van der Waals surface area contributed by atoms with Crippen molar-refractivity contribution in [2.24, 2.45) is 0 Å². The Morgan fingerprint density at radius 3 is 1.87 bits per heavy atom. The monoisotopic (exact) mass is 507 g/mol. The Kier molecular flexibility index (Phi) is 8.51. The van der Waals surface area contributed by atoms with E-state index in [4.69, 9.17) is 0 Å². The van der Waals surface area contributed by atoms with Crippen LogP contribution in [0.1, 0.15) is 98.8 Å².